The van der Waals surface area contributed by atoms with Gasteiger partial charge in [0.2, 0.25) is 11.8 Å². The molecule has 0 aliphatic carbocycles. The van der Waals surface area contributed by atoms with Gasteiger partial charge in [-0.05, 0) is 0 Å². The molecule has 0 aromatic heterocycles. The zero-order valence-electron chi connectivity index (χ0n) is 10.1. The molecule has 0 unspecified atom stereocenters. The Kier molecular flexibility index (Phi) is 6.86. The third kappa shape index (κ3) is 7.04. The molecule has 18 heavy (non-hydrogen) atoms. The second-order valence-corrected chi connectivity index (χ2v) is 3.36. The summed E-state index contributed by atoms with van der Waals surface area (Å²) in [5.74, 6) is -2.14. The molecule has 0 aromatic rings. The van der Waals surface area contributed by atoms with E-state index in [-0.39, 0.29) is 19.0 Å². The molecule has 4 N–H and O–H groups in total. The van der Waals surface area contributed by atoms with Gasteiger partial charge >= 0.3 is 12.0 Å². The predicted molar refractivity (Wildman–Crippen MR) is 60.7 cm³/mol. The van der Waals surface area contributed by atoms with E-state index in [1.54, 1.807) is 0 Å². The molecule has 0 rings (SSSR count). The lowest BCUT2D eigenvalue weighted by Crippen LogP contribution is -2.46. The van der Waals surface area contributed by atoms with Crippen molar-refractivity contribution in [3.63, 3.8) is 0 Å². The van der Waals surface area contributed by atoms with Crippen LogP contribution in [0.1, 0.15) is 0 Å². The summed E-state index contributed by atoms with van der Waals surface area (Å²) in [5.41, 5.74) is 0. The number of aliphatic carboxylic acids is 1. The van der Waals surface area contributed by atoms with Crippen LogP contribution in [0.3, 0.4) is 0 Å². The maximum atomic E-state index is 11.4. The number of carboxylic acids is 1. The second kappa shape index (κ2) is 7.87. The van der Waals surface area contributed by atoms with Gasteiger partial charge in [0, 0.05) is 14.1 Å². The van der Waals surface area contributed by atoms with Crippen molar-refractivity contribution in [3.05, 3.63) is 0 Å². The summed E-state index contributed by atoms with van der Waals surface area (Å²) in [4.78, 5) is 44.6. The molecule has 0 spiro atoms. The number of carbonyl (C=O) groups excluding carboxylic acids is 3. The highest BCUT2D eigenvalue weighted by Crippen LogP contribution is 1.83. The number of amides is 4. The molecule has 4 amide bonds. The molecule has 0 aliphatic heterocycles. The van der Waals surface area contributed by atoms with Gasteiger partial charge in [-0.3, -0.25) is 14.4 Å². The van der Waals surface area contributed by atoms with Crippen molar-refractivity contribution >= 4 is 23.8 Å². The van der Waals surface area contributed by atoms with Crippen molar-refractivity contribution in [1.82, 2.24) is 20.9 Å². The molecular formula is C9H16N4O5. The standard InChI is InChI=1S/C9H16N4O5/c1-10-7(15)5-13(2)9(18)12-3-6(14)11-4-8(16)17/h3-5H2,1-2H3,(H,10,15)(H,11,14)(H,12,18)(H,16,17). The lowest BCUT2D eigenvalue weighted by molar-refractivity contribution is -0.137. The largest absolute Gasteiger partial charge is 0.480 e. The first-order valence-corrected chi connectivity index (χ1v) is 5.04. The van der Waals surface area contributed by atoms with E-state index < -0.39 is 24.5 Å². The molecule has 9 nitrogen and oxygen atoms in total. The summed E-state index contributed by atoms with van der Waals surface area (Å²) in [5, 5.41) is 15.0. The highest BCUT2D eigenvalue weighted by molar-refractivity contribution is 5.87. The van der Waals surface area contributed by atoms with E-state index >= 15 is 0 Å². The zero-order chi connectivity index (χ0) is 14.1. The third-order valence-electron chi connectivity index (χ3n) is 1.84. The average molecular weight is 260 g/mol. The Labute approximate surface area is 104 Å². The fourth-order valence-corrected chi connectivity index (χ4v) is 0.894. The SMILES string of the molecule is CNC(=O)CN(C)C(=O)NCC(=O)NCC(=O)O. The number of hydrogen-bond acceptors (Lipinski definition) is 4. The van der Waals surface area contributed by atoms with Crippen LogP contribution in [0, 0.1) is 0 Å². The molecular weight excluding hydrogens is 244 g/mol. The first-order valence-electron chi connectivity index (χ1n) is 5.04. The maximum absolute atomic E-state index is 11.4. The summed E-state index contributed by atoms with van der Waals surface area (Å²) in [6, 6.07) is -0.607. The Balaban J connectivity index is 3.91. The molecule has 0 radical (unpaired) electrons. The monoisotopic (exact) mass is 260 g/mol. The molecule has 0 atom stereocenters. The van der Waals surface area contributed by atoms with Crippen LogP contribution in [0.2, 0.25) is 0 Å². The number of hydrogen-bond donors (Lipinski definition) is 4. The van der Waals surface area contributed by atoms with Crippen molar-refractivity contribution in [2.75, 3.05) is 33.7 Å². The molecule has 0 aromatic carbocycles. The number of carboxylic acid groups (broad SMARTS) is 1. The van der Waals surface area contributed by atoms with Gasteiger partial charge in [0.15, 0.2) is 0 Å². The Bertz CT molecular complexity index is 344. The van der Waals surface area contributed by atoms with Gasteiger partial charge < -0.3 is 26.0 Å². The number of nitrogens with one attached hydrogen (secondary N) is 3. The van der Waals surface area contributed by atoms with Crippen LogP contribution in [0.5, 0.6) is 0 Å². The third-order valence-corrected chi connectivity index (χ3v) is 1.84. The smallest absolute Gasteiger partial charge is 0.322 e. The van der Waals surface area contributed by atoms with Crippen molar-refractivity contribution in [3.8, 4) is 0 Å². The van der Waals surface area contributed by atoms with Gasteiger partial charge in [0.05, 0.1) is 6.54 Å². The summed E-state index contributed by atoms with van der Waals surface area (Å²) in [6.45, 7) is -1.01. The lowest BCUT2D eigenvalue weighted by Gasteiger charge is -2.16. The summed E-state index contributed by atoms with van der Waals surface area (Å²) in [6.07, 6.45) is 0. The van der Waals surface area contributed by atoms with E-state index in [4.69, 9.17) is 5.11 Å². The lowest BCUT2D eigenvalue weighted by atomic mass is 10.5. The molecule has 102 valence electrons. The van der Waals surface area contributed by atoms with Gasteiger partial charge in [0.25, 0.3) is 0 Å². The van der Waals surface area contributed by atoms with Gasteiger partial charge in [-0.1, -0.05) is 0 Å². The predicted octanol–water partition coefficient (Wildman–Crippen LogP) is -2.43. The summed E-state index contributed by atoms with van der Waals surface area (Å²) < 4.78 is 0. The Morgan fingerprint density at radius 3 is 2.17 bits per heavy atom. The van der Waals surface area contributed by atoms with Crippen LogP contribution >= 0.6 is 0 Å². The minimum absolute atomic E-state index is 0.140. The van der Waals surface area contributed by atoms with Crippen LogP contribution in [0.4, 0.5) is 4.79 Å². The van der Waals surface area contributed by atoms with E-state index in [1.165, 1.54) is 14.1 Å². The van der Waals surface area contributed by atoms with Crippen molar-refractivity contribution in [2.24, 2.45) is 0 Å². The van der Waals surface area contributed by atoms with Gasteiger partial charge in [-0.2, -0.15) is 0 Å². The van der Waals surface area contributed by atoms with Crippen molar-refractivity contribution < 1.29 is 24.3 Å². The first-order chi connectivity index (χ1) is 8.36. The van der Waals surface area contributed by atoms with Crippen LogP contribution in [0.15, 0.2) is 0 Å². The topological polar surface area (TPSA) is 128 Å². The highest BCUT2D eigenvalue weighted by atomic mass is 16.4. The maximum Gasteiger partial charge on any atom is 0.322 e. The molecule has 0 fully saturated rings. The second-order valence-electron chi connectivity index (χ2n) is 3.36. The Morgan fingerprint density at radius 2 is 1.67 bits per heavy atom. The minimum Gasteiger partial charge on any atom is -0.480 e. The van der Waals surface area contributed by atoms with Crippen LogP contribution < -0.4 is 16.0 Å². The van der Waals surface area contributed by atoms with E-state index in [1.807, 2.05) is 0 Å². The first kappa shape index (κ1) is 15.7. The van der Waals surface area contributed by atoms with Crippen LogP contribution in [0.25, 0.3) is 0 Å². The normalized spacial score (nSPS) is 9.22. The Hall–Kier alpha value is -2.32. The number of likely N-dealkylation sites (N-methyl/N-ethyl adjacent to an activating group) is 2. The fraction of sp³-hybridized carbons (Fsp3) is 0.556. The van der Waals surface area contributed by atoms with E-state index in [0.717, 1.165) is 4.90 Å². The molecule has 0 saturated heterocycles. The molecule has 9 heteroatoms. The number of rotatable bonds is 6. The van der Waals surface area contributed by atoms with Crippen LogP contribution in [-0.4, -0.2) is 67.6 Å². The molecule has 0 aliphatic rings. The highest BCUT2D eigenvalue weighted by Gasteiger charge is 2.12. The molecule has 0 heterocycles. The van der Waals surface area contributed by atoms with Gasteiger partial charge in [-0.15, -0.1) is 0 Å². The van der Waals surface area contributed by atoms with E-state index in [0.29, 0.717) is 0 Å². The zero-order valence-corrected chi connectivity index (χ0v) is 10.1. The summed E-state index contributed by atoms with van der Waals surface area (Å²) in [7, 11) is 2.83. The van der Waals surface area contributed by atoms with Crippen molar-refractivity contribution in [2.45, 2.75) is 0 Å². The molecule has 0 bridgehead atoms. The van der Waals surface area contributed by atoms with E-state index in [9.17, 15) is 19.2 Å². The summed E-state index contributed by atoms with van der Waals surface area (Å²) >= 11 is 0. The van der Waals surface area contributed by atoms with E-state index in [2.05, 4.69) is 16.0 Å². The Morgan fingerprint density at radius 1 is 1.06 bits per heavy atom. The fourth-order valence-electron chi connectivity index (χ4n) is 0.894. The number of nitrogens with zero attached hydrogens (tertiary/aromatic N) is 1. The van der Waals surface area contributed by atoms with Gasteiger partial charge in [-0.25, -0.2) is 4.79 Å². The minimum atomic E-state index is -1.17. The number of carbonyl (C=O) groups is 4. The van der Waals surface area contributed by atoms with Gasteiger partial charge in [0.1, 0.15) is 13.1 Å². The molecule has 0 saturated carbocycles. The van der Waals surface area contributed by atoms with Crippen molar-refractivity contribution in [1.29, 1.82) is 0 Å². The average Bonchev–Trinajstić information content (AvgIpc) is 2.32. The number of urea groups is 1. The quantitative estimate of drug-likeness (QED) is 0.422. The van der Waals surface area contributed by atoms with Crippen LogP contribution in [-0.2, 0) is 14.4 Å².